The monoisotopic (exact) mass is 372 g/mol. The molecule has 4 nitrogen and oxygen atoms in total. The Morgan fingerprint density at radius 1 is 0.923 bits per heavy atom. The van der Waals surface area contributed by atoms with Crippen LogP contribution in [-0.4, -0.2) is 25.5 Å². The van der Waals surface area contributed by atoms with Crippen molar-refractivity contribution in [1.29, 1.82) is 0 Å². The number of hydrogen-bond donors (Lipinski definition) is 2. The van der Waals surface area contributed by atoms with E-state index in [1.807, 2.05) is 36.4 Å². The number of benzene rings is 2. The molecule has 2 aromatic rings. The SMILES string of the molecule is CC(C)(C)[Si](C)(C)OCc1ccc(OCc2ccccc2)c(B(O)O)c1. The second-order valence-corrected chi connectivity index (χ2v) is 12.9. The summed E-state index contributed by atoms with van der Waals surface area (Å²) in [6.45, 7) is 11.8. The molecule has 6 heteroatoms. The molecular formula is C20H29BO4Si. The minimum atomic E-state index is -1.86. The Morgan fingerprint density at radius 3 is 2.15 bits per heavy atom. The largest absolute Gasteiger partial charge is 0.492 e. The number of rotatable bonds is 7. The Kier molecular flexibility index (Phi) is 6.69. The first-order valence-corrected chi connectivity index (χ1v) is 11.8. The fourth-order valence-corrected chi connectivity index (χ4v) is 3.20. The van der Waals surface area contributed by atoms with Gasteiger partial charge in [-0.05, 0) is 35.3 Å². The predicted molar refractivity (Wildman–Crippen MR) is 109 cm³/mol. The Balaban J connectivity index is 2.10. The van der Waals surface area contributed by atoms with Gasteiger partial charge in [0.2, 0.25) is 0 Å². The zero-order valence-electron chi connectivity index (χ0n) is 16.3. The molecule has 2 N–H and O–H groups in total. The Morgan fingerprint density at radius 2 is 1.58 bits per heavy atom. The van der Waals surface area contributed by atoms with Crippen molar-refractivity contribution >= 4 is 20.9 Å². The van der Waals surface area contributed by atoms with Crippen molar-refractivity contribution in [3.63, 3.8) is 0 Å². The lowest BCUT2D eigenvalue weighted by Crippen LogP contribution is -2.40. The van der Waals surface area contributed by atoms with Gasteiger partial charge in [-0.2, -0.15) is 0 Å². The molecule has 0 heterocycles. The van der Waals surface area contributed by atoms with E-state index < -0.39 is 15.4 Å². The third-order valence-electron chi connectivity index (χ3n) is 5.00. The molecule has 0 radical (unpaired) electrons. The van der Waals surface area contributed by atoms with E-state index in [0.717, 1.165) is 11.1 Å². The molecule has 0 bridgehead atoms. The van der Waals surface area contributed by atoms with Crippen LogP contribution in [0.1, 0.15) is 31.9 Å². The maximum Gasteiger partial charge on any atom is 0.492 e. The molecule has 2 rings (SSSR count). The summed E-state index contributed by atoms with van der Waals surface area (Å²) < 4.78 is 12.0. The highest BCUT2D eigenvalue weighted by atomic mass is 28.4. The summed E-state index contributed by atoms with van der Waals surface area (Å²) in [5.74, 6) is 0.472. The average Bonchev–Trinajstić information content (AvgIpc) is 2.58. The standard InChI is InChI=1S/C20H29BO4Si/c1-20(2,3)26(4,5)25-15-17-11-12-19(18(13-17)21(22)23)24-14-16-9-7-6-8-10-16/h6-13,22-23H,14-15H2,1-5H3. The minimum absolute atomic E-state index is 0.130. The van der Waals surface area contributed by atoms with E-state index in [2.05, 4.69) is 33.9 Å². The quantitative estimate of drug-likeness (QED) is 0.731. The second kappa shape index (κ2) is 8.40. The summed E-state index contributed by atoms with van der Waals surface area (Å²) in [6.07, 6.45) is 0. The van der Waals surface area contributed by atoms with Gasteiger partial charge in [0.15, 0.2) is 8.32 Å². The molecule has 0 aliphatic rings. The van der Waals surface area contributed by atoms with Gasteiger partial charge in [-0.15, -0.1) is 0 Å². The summed E-state index contributed by atoms with van der Waals surface area (Å²) in [5.41, 5.74) is 2.29. The smallest absolute Gasteiger partial charge is 0.489 e. The van der Waals surface area contributed by atoms with Crippen LogP contribution in [0.3, 0.4) is 0 Å². The van der Waals surface area contributed by atoms with Crippen LogP contribution >= 0.6 is 0 Å². The first kappa shape index (κ1) is 20.7. The van der Waals surface area contributed by atoms with Gasteiger partial charge in [-0.3, -0.25) is 0 Å². The maximum absolute atomic E-state index is 9.73. The summed E-state index contributed by atoms with van der Waals surface area (Å²) in [5, 5.41) is 19.6. The predicted octanol–water partition coefficient (Wildman–Crippen LogP) is 3.47. The molecule has 0 unspecified atom stereocenters. The van der Waals surface area contributed by atoms with E-state index >= 15 is 0 Å². The van der Waals surface area contributed by atoms with E-state index in [0.29, 0.717) is 24.4 Å². The van der Waals surface area contributed by atoms with Crippen LogP contribution in [0, 0.1) is 0 Å². The zero-order chi connectivity index (χ0) is 19.4. The van der Waals surface area contributed by atoms with E-state index in [-0.39, 0.29) is 5.04 Å². The molecule has 2 aromatic carbocycles. The number of ether oxygens (including phenoxy) is 1. The van der Waals surface area contributed by atoms with Crippen LogP contribution in [0.5, 0.6) is 5.75 Å². The van der Waals surface area contributed by atoms with E-state index in [1.165, 1.54) is 0 Å². The topological polar surface area (TPSA) is 58.9 Å². The summed E-state index contributed by atoms with van der Waals surface area (Å²) in [7, 11) is -3.45. The van der Waals surface area contributed by atoms with Crippen molar-refractivity contribution in [2.24, 2.45) is 0 Å². The summed E-state index contributed by atoms with van der Waals surface area (Å²) >= 11 is 0. The van der Waals surface area contributed by atoms with Gasteiger partial charge in [0.05, 0.1) is 6.61 Å². The molecule has 0 aliphatic carbocycles. The molecule has 0 atom stereocenters. The van der Waals surface area contributed by atoms with Gasteiger partial charge in [0.1, 0.15) is 12.4 Å². The molecule has 0 aliphatic heterocycles. The number of hydrogen-bond acceptors (Lipinski definition) is 4. The second-order valence-electron chi connectivity index (χ2n) is 8.07. The third kappa shape index (κ3) is 5.45. The van der Waals surface area contributed by atoms with Crippen molar-refractivity contribution in [2.75, 3.05) is 0 Å². The minimum Gasteiger partial charge on any atom is -0.489 e. The van der Waals surface area contributed by atoms with Crippen LogP contribution in [-0.2, 0) is 17.6 Å². The normalized spacial score (nSPS) is 12.1. The van der Waals surface area contributed by atoms with Crippen molar-refractivity contribution in [3.8, 4) is 5.75 Å². The van der Waals surface area contributed by atoms with Crippen LogP contribution < -0.4 is 10.2 Å². The van der Waals surface area contributed by atoms with Gasteiger partial charge >= 0.3 is 7.12 Å². The highest BCUT2D eigenvalue weighted by molar-refractivity contribution is 6.74. The van der Waals surface area contributed by atoms with Crippen LogP contribution in [0.4, 0.5) is 0 Å². The molecule has 0 spiro atoms. The molecule has 0 fully saturated rings. The van der Waals surface area contributed by atoms with Crippen LogP contribution in [0.15, 0.2) is 48.5 Å². The van der Waals surface area contributed by atoms with Crippen molar-refractivity contribution in [1.82, 2.24) is 0 Å². The highest BCUT2D eigenvalue weighted by Crippen LogP contribution is 2.37. The lowest BCUT2D eigenvalue weighted by atomic mass is 9.79. The maximum atomic E-state index is 9.73. The lowest BCUT2D eigenvalue weighted by molar-refractivity contribution is 0.275. The van der Waals surface area contributed by atoms with Crippen LogP contribution in [0.2, 0.25) is 18.1 Å². The van der Waals surface area contributed by atoms with Gasteiger partial charge in [0, 0.05) is 5.46 Å². The van der Waals surface area contributed by atoms with E-state index in [1.54, 1.807) is 12.1 Å². The highest BCUT2D eigenvalue weighted by Gasteiger charge is 2.37. The average molecular weight is 372 g/mol. The first-order valence-electron chi connectivity index (χ1n) is 8.90. The Hall–Kier alpha value is -1.60. The Bertz CT molecular complexity index is 711. The van der Waals surface area contributed by atoms with Crippen molar-refractivity contribution in [3.05, 3.63) is 59.7 Å². The first-order chi connectivity index (χ1) is 12.1. The molecule has 0 amide bonds. The molecule has 0 saturated carbocycles. The van der Waals surface area contributed by atoms with Gasteiger partial charge in [-0.1, -0.05) is 63.2 Å². The third-order valence-corrected chi connectivity index (χ3v) is 9.47. The van der Waals surface area contributed by atoms with Gasteiger partial charge in [0.25, 0.3) is 0 Å². The Labute approximate surface area is 158 Å². The molecule has 0 saturated heterocycles. The fourth-order valence-electron chi connectivity index (χ4n) is 2.24. The van der Waals surface area contributed by atoms with Gasteiger partial charge in [-0.25, -0.2) is 0 Å². The van der Waals surface area contributed by atoms with E-state index in [9.17, 15) is 10.0 Å². The fraction of sp³-hybridized carbons (Fsp3) is 0.400. The summed E-state index contributed by atoms with van der Waals surface area (Å²) in [4.78, 5) is 0. The molecule has 0 aromatic heterocycles. The molecule has 26 heavy (non-hydrogen) atoms. The van der Waals surface area contributed by atoms with Gasteiger partial charge < -0.3 is 19.2 Å². The summed E-state index contributed by atoms with van der Waals surface area (Å²) in [6, 6.07) is 15.2. The van der Waals surface area contributed by atoms with Crippen molar-refractivity contribution in [2.45, 2.75) is 52.1 Å². The van der Waals surface area contributed by atoms with Crippen LogP contribution in [0.25, 0.3) is 0 Å². The zero-order valence-corrected chi connectivity index (χ0v) is 17.3. The lowest BCUT2D eigenvalue weighted by Gasteiger charge is -2.36. The van der Waals surface area contributed by atoms with E-state index in [4.69, 9.17) is 9.16 Å². The molecular weight excluding hydrogens is 343 g/mol. The van der Waals surface area contributed by atoms with Crippen molar-refractivity contribution < 1.29 is 19.2 Å². The molecule has 140 valence electrons.